The Bertz CT molecular complexity index is 1040. The summed E-state index contributed by atoms with van der Waals surface area (Å²) in [6, 6.07) is 13.3. The molecule has 0 saturated heterocycles. The van der Waals surface area contributed by atoms with Crippen LogP contribution in [0.25, 0.3) is 10.9 Å². The van der Waals surface area contributed by atoms with Gasteiger partial charge in [0.1, 0.15) is 6.54 Å². The standard InChI is InChI=1S/C23H24N2O4/c1-2-19(16-8-9-21-22(12-16)29-11-5-10-28-21)24-23(27)14-25-13-17(15-26)18-6-3-4-7-20(18)25/h3-4,6-9,12-13,15,19H,2,5,10-11,14H2,1H3,(H,24,27)/t19-/m1/s1. The molecule has 1 aliphatic rings. The predicted molar refractivity (Wildman–Crippen MR) is 111 cm³/mol. The minimum Gasteiger partial charge on any atom is -0.490 e. The van der Waals surface area contributed by atoms with Crippen LogP contribution in [-0.4, -0.2) is 30.0 Å². The summed E-state index contributed by atoms with van der Waals surface area (Å²) in [6.45, 7) is 3.45. The van der Waals surface area contributed by atoms with Crippen LogP contribution in [0.1, 0.15) is 41.7 Å². The molecule has 6 heteroatoms. The van der Waals surface area contributed by atoms with E-state index < -0.39 is 0 Å². The summed E-state index contributed by atoms with van der Waals surface area (Å²) in [5, 5.41) is 3.95. The minimum absolute atomic E-state index is 0.109. The van der Waals surface area contributed by atoms with Crippen molar-refractivity contribution in [2.45, 2.75) is 32.4 Å². The van der Waals surface area contributed by atoms with Crippen molar-refractivity contribution >= 4 is 23.1 Å². The highest BCUT2D eigenvalue weighted by Gasteiger charge is 2.18. The van der Waals surface area contributed by atoms with E-state index in [0.29, 0.717) is 18.8 Å². The molecule has 0 aliphatic carbocycles. The van der Waals surface area contributed by atoms with Crippen LogP contribution >= 0.6 is 0 Å². The lowest BCUT2D eigenvalue weighted by atomic mass is 10.0. The fourth-order valence-corrected chi connectivity index (χ4v) is 3.71. The quantitative estimate of drug-likeness (QED) is 0.647. The Kier molecular flexibility index (Phi) is 5.51. The summed E-state index contributed by atoms with van der Waals surface area (Å²) in [5.74, 6) is 1.36. The van der Waals surface area contributed by atoms with Gasteiger partial charge in [0.05, 0.1) is 19.3 Å². The maximum atomic E-state index is 12.8. The number of nitrogens with one attached hydrogen (secondary N) is 1. The second kappa shape index (κ2) is 8.39. The van der Waals surface area contributed by atoms with Gasteiger partial charge in [0, 0.05) is 29.1 Å². The van der Waals surface area contributed by atoms with Gasteiger partial charge in [0.15, 0.2) is 17.8 Å². The van der Waals surface area contributed by atoms with Crippen molar-refractivity contribution in [2.75, 3.05) is 13.2 Å². The molecule has 1 atom stereocenters. The molecule has 0 spiro atoms. The van der Waals surface area contributed by atoms with E-state index in [-0.39, 0.29) is 18.5 Å². The number of carbonyl (C=O) groups excluding carboxylic acids is 2. The summed E-state index contributed by atoms with van der Waals surface area (Å²) in [7, 11) is 0. The largest absolute Gasteiger partial charge is 0.490 e. The highest BCUT2D eigenvalue weighted by molar-refractivity contribution is 5.98. The van der Waals surface area contributed by atoms with E-state index in [1.54, 1.807) is 6.20 Å². The molecular weight excluding hydrogens is 368 g/mol. The number of aromatic nitrogens is 1. The van der Waals surface area contributed by atoms with Crippen molar-refractivity contribution in [3.8, 4) is 11.5 Å². The first-order chi connectivity index (χ1) is 14.2. The van der Waals surface area contributed by atoms with E-state index in [1.165, 1.54) is 0 Å². The van der Waals surface area contributed by atoms with Crippen LogP contribution in [-0.2, 0) is 11.3 Å². The Morgan fingerprint density at radius 2 is 1.97 bits per heavy atom. The van der Waals surface area contributed by atoms with Gasteiger partial charge < -0.3 is 19.4 Å². The van der Waals surface area contributed by atoms with E-state index in [1.807, 2.05) is 54.0 Å². The van der Waals surface area contributed by atoms with Crippen LogP contribution in [0.2, 0.25) is 0 Å². The number of hydrogen-bond acceptors (Lipinski definition) is 4. The second-order valence-electron chi connectivity index (χ2n) is 7.13. The number of rotatable bonds is 6. The van der Waals surface area contributed by atoms with Gasteiger partial charge >= 0.3 is 0 Å². The molecule has 1 aliphatic heterocycles. The zero-order chi connectivity index (χ0) is 20.2. The molecule has 0 saturated carbocycles. The Morgan fingerprint density at radius 1 is 1.17 bits per heavy atom. The Morgan fingerprint density at radius 3 is 2.76 bits per heavy atom. The molecule has 150 valence electrons. The summed E-state index contributed by atoms with van der Waals surface area (Å²) in [4.78, 5) is 24.1. The molecule has 1 aromatic heterocycles. The third kappa shape index (κ3) is 3.97. The summed E-state index contributed by atoms with van der Waals surface area (Å²) < 4.78 is 13.3. The van der Waals surface area contributed by atoms with E-state index in [2.05, 4.69) is 5.32 Å². The molecule has 0 radical (unpaired) electrons. The van der Waals surface area contributed by atoms with Crippen molar-refractivity contribution in [3.63, 3.8) is 0 Å². The molecule has 1 amide bonds. The third-order valence-corrected chi connectivity index (χ3v) is 5.18. The molecule has 0 unspecified atom stereocenters. The Hall–Kier alpha value is -3.28. The molecule has 6 nitrogen and oxygen atoms in total. The van der Waals surface area contributed by atoms with Crippen molar-refractivity contribution in [3.05, 3.63) is 59.8 Å². The first kappa shape index (κ1) is 19.1. The number of ether oxygens (including phenoxy) is 2. The molecule has 1 N–H and O–H groups in total. The van der Waals surface area contributed by atoms with E-state index in [9.17, 15) is 9.59 Å². The Labute approximate surface area is 169 Å². The fraction of sp³-hybridized carbons (Fsp3) is 0.304. The lowest BCUT2D eigenvalue weighted by molar-refractivity contribution is -0.122. The van der Waals surface area contributed by atoms with Crippen LogP contribution in [0.3, 0.4) is 0 Å². The maximum Gasteiger partial charge on any atom is 0.240 e. The Balaban J connectivity index is 1.51. The first-order valence-corrected chi connectivity index (χ1v) is 9.91. The predicted octanol–water partition coefficient (Wildman–Crippen LogP) is 3.88. The van der Waals surface area contributed by atoms with E-state index in [4.69, 9.17) is 9.47 Å². The average Bonchev–Trinajstić information content (AvgIpc) is 2.93. The van der Waals surface area contributed by atoms with Gasteiger partial charge in [-0.2, -0.15) is 0 Å². The van der Waals surface area contributed by atoms with Gasteiger partial charge in [0.25, 0.3) is 0 Å². The van der Waals surface area contributed by atoms with Crippen LogP contribution < -0.4 is 14.8 Å². The van der Waals surface area contributed by atoms with E-state index in [0.717, 1.165) is 47.1 Å². The lowest BCUT2D eigenvalue weighted by Gasteiger charge is -2.19. The van der Waals surface area contributed by atoms with Crippen LogP contribution in [0.4, 0.5) is 0 Å². The summed E-state index contributed by atoms with van der Waals surface area (Å²) >= 11 is 0. The van der Waals surface area contributed by atoms with Crippen molar-refractivity contribution in [1.29, 1.82) is 0 Å². The average molecular weight is 392 g/mol. The third-order valence-electron chi connectivity index (χ3n) is 5.18. The number of benzene rings is 2. The molecule has 3 aromatic rings. The number of carbonyl (C=O) groups is 2. The zero-order valence-corrected chi connectivity index (χ0v) is 16.4. The van der Waals surface area contributed by atoms with Crippen LogP contribution in [0, 0.1) is 0 Å². The molecule has 2 aromatic carbocycles. The van der Waals surface area contributed by atoms with Gasteiger partial charge in [-0.05, 0) is 30.2 Å². The highest BCUT2D eigenvalue weighted by Crippen LogP contribution is 2.33. The fourth-order valence-electron chi connectivity index (χ4n) is 3.71. The molecular formula is C23H24N2O4. The van der Waals surface area contributed by atoms with Gasteiger partial charge in [-0.25, -0.2) is 0 Å². The number of nitrogens with zero attached hydrogens (tertiary/aromatic N) is 1. The normalized spacial score (nSPS) is 14.2. The highest BCUT2D eigenvalue weighted by atomic mass is 16.5. The minimum atomic E-state index is -0.132. The second-order valence-corrected chi connectivity index (χ2v) is 7.13. The van der Waals surface area contributed by atoms with Crippen molar-refractivity contribution in [2.24, 2.45) is 0 Å². The molecule has 29 heavy (non-hydrogen) atoms. The SMILES string of the molecule is CC[C@@H](NC(=O)Cn1cc(C=O)c2ccccc21)c1ccc2c(c1)OCCCO2. The number of fused-ring (bicyclic) bond motifs is 2. The zero-order valence-electron chi connectivity index (χ0n) is 16.4. The van der Waals surface area contributed by atoms with Gasteiger partial charge in [-0.1, -0.05) is 31.2 Å². The van der Waals surface area contributed by atoms with Crippen LogP contribution in [0.5, 0.6) is 11.5 Å². The smallest absolute Gasteiger partial charge is 0.240 e. The number of amides is 1. The molecule has 0 fully saturated rings. The van der Waals surface area contributed by atoms with Gasteiger partial charge in [-0.15, -0.1) is 0 Å². The number of hydrogen-bond donors (Lipinski definition) is 1. The van der Waals surface area contributed by atoms with Crippen molar-refractivity contribution < 1.29 is 19.1 Å². The molecule has 4 rings (SSSR count). The lowest BCUT2D eigenvalue weighted by Crippen LogP contribution is -2.31. The molecule has 2 heterocycles. The number of para-hydroxylation sites is 1. The molecule has 0 bridgehead atoms. The first-order valence-electron chi connectivity index (χ1n) is 9.91. The summed E-state index contributed by atoms with van der Waals surface area (Å²) in [6.07, 6.45) is 4.15. The van der Waals surface area contributed by atoms with Gasteiger partial charge in [-0.3, -0.25) is 9.59 Å². The summed E-state index contributed by atoms with van der Waals surface area (Å²) in [5.41, 5.74) is 2.44. The van der Waals surface area contributed by atoms with Gasteiger partial charge in [0.2, 0.25) is 5.91 Å². The monoisotopic (exact) mass is 392 g/mol. The van der Waals surface area contributed by atoms with Crippen molar-refractivity contribution in [1.82, 2.24) is 9.88 Å². The van der Waals surface area contributed by atoms with Crippen LogP contribution in [0.15, 0.2) is 48.7 Å². The maximum absolute atomic E-state index is 12.8. The van der Waals surface area contributed by atoms with E-state index >= 15 is 0 Å². The number of aldehydes is 1. The topological polar surface area (TPSA) is 69.6 Å².